The van der Waals surface area contributed by atoms with E-state index in [9.17, 15) is 18.0 Å². The fraction of sp³-hybridized carbons (Fsp3) is 0.333. The summed E-state index contributed by atoms with van der Waals surface area (Å²) in [5.74, 6) is -0.849. The second-order valence-corrected chi connectivity index (χ2v) is 12.5. The Morgan fingerprint density at radius 2 is 1.62 bits per heavy atom. The van der Waals surface area contributed by atoms with Gasteiger partial charge < -0.3 is 10.2 Å². The molecule has 3 rings (SSSR count). The van der Waals surface area contributed by atoms with Crippen molar-refractivity contribution in [3.8, 4) is 0 Å². The topological polar surface area (TPSA) is 86.8 Å². The van der Waals surface area contributed by atoms with Crippen LogP contribution in [0.2, 0.25) is 10.0 Å². The first-order valence-electron chi connectivity index (χ1n) is 13.1. The van der Waals surface area contributed by atoms with Crippen molar-refractivity contribution in [2.75, 3.05) is 23.7 Å². The highest BCUT2D eigenvalue weighted by atomic mass is 35.5. The van der Waals surface area contributed by atoms with Crippen molar-refractivity contribution in [3.05, 3.63) is 99.5 Å². The van der Waals surface area contributed by atoms with Crippen molar-refractivity contribution in [2.45, 2.75) is 45.7 Å². The Kier molecular flexibility index (Phi) is 11.4. The summed E-state index contributed by atoms with van der Waals surface area (Å²) < 4.78 is 26.7. The Bertz CT molecular complexity index is 1400. The van der Waals surface area contributed by atoms with E-state index in [1.54, 1.807) is 0 Å². The van der Waals surface area contributed by atoms with Crippen molar-refractivity contribution in [3.63, 3.8) is 0 Å². The van der Waals surface area contributed by atoms with Crippen LogP contribution in [-0.4, -0.2) is 50.5 Å². The Morgan fingerprint density at radius 1 is 0.950 bits per heavy atom. The highest BCUT2D eigenvalue weighted by Crippen LogP contribution is 2.31. The molecule has 3 aromatic rings. The van der Waals surface area contributed by atoms with E-state index in [-0.39, 0.29) is 34.6 Å². The molecule has 0 aliphatic rings. The quantitative estimate of drug-likeness (QED) is 0.257. The molecule has 2 amide bonds. The number of anilines is 1. The van der Waals surface area contributed by atoms with Crippen LogP contribution in [0.1, 0.15) is 36.5 Å². The van der Waals surface area contributed by atoms with Crippen LogP contribution in [0.25, 0.3) is 0 Å². The van der Waals surface area contributed by atoms with E-state index in [0.29, 0.717) is 6.54 Å². The second kappa shape index (κ2) is 14.5. The molecule has 7 nitrogen and oxygen atoms in total. The summed E-state index contributed by atoms with van der Waals surface area (Å²) in [5.41, 5.74) is 2.83. The highest BCUT2D eigenvalue weighted by molar-refractivity contribution is 7.92. The molecular formula is C30H35Cl2N3O4S. The molecule has 0 aliphatic carbocycles. The molecule has 0 unspecified atom stereocenters. The summed E-state index contributed by atoms with van der Waals surface area (Å²) in [4.78, 5) is 29.1. The highest BCUT2D eigenvalue weighted by Gasteiger charge is 2.33. The van der Waals surface area contributed by atoms with E-state index in [0.717, 1.165) is 40.1 Å². The predicted molar refractivity (Wildman–Crippen MR) is 162 cm³/mol. The number of aryl methyl sites for hydroxylation is 1. The van der Waals surface area contributed by atoms with Gasteiger partial charge in [-0.05, 0) is 42.7 Å². The third kappa shape index (κ3) is 8.98. The largest absolute Gasteiger partial charge is 0.354 e. The smallest absolute Gasteiger partial charge is 0.244 e. The standard InChI is InChI=1S/C30H35Cl2N3O4S/c1-4-5-17-33-30(37)28(18-23-9-7-6-8-10-23)34(20-24-13-11-22(2)12-14-24)29(36)21-35(40(3,38)39)27-19-25(31)15-16-26(27)32/h6-16,19,28H,4-5,17-18,20-21H2,1-3H3,(H,33,37)/t28-/m0/s1. The van der Waals surface area contributed by atoms with Gasteiger partial charge in [0, 0.05) is 24.5 Å². The third-order valence-electron chi connectivity index (χ3n) is 6.43. The van der Waals surface area contributed by atoms with Gasteiger partial charge in [-0.15, -0.1) is 0 Å². The minimum Gasteiger partial charge on any atom is -0.354 e. The fourth-order valence-corrected chi connectivity index (χ4v) is 5.51. The van der Waals surface area contributed by atoms with Crippen LogP contribution in [0.4, 0.5) is 5.69 Å². The molecular weight excluding hydrogens is 569 g/mol. The normalized spacial score (nSPS) is 12.0. The van der Waals surface area contributed by atoms with Crippen LogP contribution in [0, 0.1) is 6.92 Å². The molecule has 0 heterocycles. The number of carbonyl (C=O) groups excluding carboxylic acids is 2. The maximum Gasteiger partial charge on any atom is 0.244 e. The average molecular weight is 605 g/mol. The maximum absolute atomic E-state index is 14.1. The zero-order chi connectivity index (χ0) is 29.3. The molecule has 0 radical (unpaired) electrons. The van der Waals surface area contributed by atoms with Gasteiger partial charge in [0.1, 0.15) is 12.6 Å². The number of unbranched alkanes of at least 4 members (excludes halogenated alkanes) is 1. The second-order valence-electron chi connectivity index (χ2n) is 9.72. The first-order chi connectivity index (χ1) is 19.0. The fourth-order valence-electron chi connectivity index (χ4n) is 4.22. The maximum atomic E-state index is 14.1. The zero-order valence-electron chi connectivity index (χ0n) is 22.9. The number of hydrogen-bond acceptors (Lipinski definition) is 4. The van der Waals surface area contributed by atoms with E-state index in [1.807, 2.05) is 68.4 Å². The molecule has 0 aliphatic heterocycles. The number of rotatable bonds is 13. The van der Waals surface area contributed by atoms with Crippen molar-refractivity contribution in [1.82, 2.24) is 10.2 Å². The number of carbonyl (C=O) groups is 2. The lowest BCUT2D eigenvalue weighted by atomic mass is 10.0. The van der Waals surface area contributed by atoms with E-state index < -0.39 is 28.5 Å². The number of sulfonamides is 1. The summed E-state index contributed by atoms with van der Waals surface area (Å²) in [6.45, 7) is 4.02. The van der Waals surface area contributed by atoms with Gasteiger partial charge in [-0.25, -0.2) is 8.42 Å². The number of nitrogens with zero attached hydrogens (tertiary/aromatic N) is 2. The third-order valence-corrected chi connectivity index (χ3v) is 8.11. The number of hydrogen-bond donors (Lipinski definition) is 1. The Balaban J connectivity index is 2.05. The Morgan fingerprint density at radius 3 is 2.25 bits per heavy atom. The first-order valence-corrected chi connectivity index (χ1v) is 15.7. The number of benzene rings is 3. The summed E-state index contributed by atoms with van der Waals surface area (Å²) in [6.07, 6.45) is 2.96. The summed E-state index contributed by atoms with van der Waals surface area (Å²) >= 11 is 12.5. The molecule has 0 spiro atoms. The van der Waals surface area contributed by atoms with Crippen molar-refractivity contribution < 1.29 is 18.0 Å². The van der Waals surface area contributed by atoms with Gasteiger partial charge in [-0.1, -0.05) is 96.7 Å². The average Bonchev–Trinajstić information content (AvgIpc) is 2.91. The molecule has 0 saturated heterocycles. The minimum atomic E-state index is -3.94. The van der Waals surface area contributed by atoms with Crippen LogP contribution in [0.15, 0.2) is 72.8 Å². The van der Waals surface area contributed by atoms with Gasteiger partial charge in [0.25, 0.3) is 0 Å². The monoisotopic (exact) mass is 603 g/mol. The molecule has 0 aromatic heterocycles. The molecule has 1 atom stereocenters. The van der Waals surface area contributed by atoms with E-state index in [1.165, 1.54) is 23.1 Å². The summed E-state index contributed by atoms with van der Waals surface area (Å²) in [6, 6.07) is 20.6. The van der Waals surface area contributed by atoms with Gasteiger partial charge in [0.2, 0.25) is 21.8 Å². The van der Waals surface area contributed by atoms with E-state index >= 15 is 0 Å². The van der Waals surface area contributed by atoms with Crippen LogP contribution in [-0.2, 0) is 32.6 Å². The summed E-state index contributed by atoms with van der Waals surface area (Å²) in [5, 5.41) is 3.37. The molecule has 3 aromatic carbocycles. The molecule has 1 N–H and O–H groups in total. The molecule has 40 heavy (non-hydrogen) atoms. The van der Waals surface area contributed by atoms with Gasteiger partial charge in [0.05, 0.1) is 17.0 Å². The molecule has 214 valence electrons. The summed E-state index contributed by atoms with van der Waals surface area (Å²) in [7, 11) is -3.94. The van der Waals surface area contributed by atoms with Gasteiger partial charge in [-0.2, -0.15) is 0 Å². The molecule has 0 bridgehead atoms. The lowest BCUT2D eigenvalue weighted by Gasteiger charge is -2.33. The van der Waals surface area contributed by atoms with Crippen molar-refractivity contribution in [2.24, 2.45) is 0 Å². The lowest BCUT2D eigenvalue weighted by Crippen LogP contribution is -2.53. The Hall–Kier alpha value is -3.07. The van der Waals surface area contributed by atoms with Crippen LogP contribution < -0.4 is 9.62 Å². The van der Waals surface area contributed by atoms with Crippen LogP contribution in [0.3, 0.4) is 0 Å². The van der Waals surface area contributed by atoms with E-state index in [2.05, 4.69) is 5.32 Å². The number of amides is 2. The SMILES string of the molecule is CCCCNC(=O)[C@H](Cc1ccccc1)N(Cc1ccc(C)cc1)C(=O)CN(c1cc(Cl)ccc1Cl)S(C)(=O)=O. The lowest BCUT2D eigenvalue weighted by molar-refractivity contribution is -0.140. The van der Waals surface area contributed by atoms with Gasteiger partial charge >= 0.3 is 0 Å². The van der Waals surface area contributed by atoms with Gasteiger partial charge in [-0.3, -0.25) is 13.9 Å². The van der Waals surface area contributed by atoms with E-state index in [4.69, 9.17) is 23.2 Å². The molecule has 0 fully saturated rings. The Labute approximate surface area is 247 Å². The van der Waals surface area contributed by atoms with Crippen molar-refractivity contribution >= 4 is 50.7 Å². The van der Waals surface area contributed by atoms with Gasteiger partial charge in [0.15, 0.2) is 0 Å². The molecule has 10 heteroatoms. The predicted octanol–water partition coefficient (Wildman–Crippen LogP) is 5.62. The first kappa shape index (κ1) is 31.5. The molecule has 0 saturated carbocycles. The number of nitrogens with one attached hydrogen (secondary N) is 1. The minimum absolute atomic E-state index is 0.0901. The van der Waals surface area contributed by atoms with Crippen LogP contribution >= 0.6 is 23.2 Å². The number of halogens is 2. The zero-order valence-corrected chi connectivity index (χ0v) is 25.3. The van der Waals surface area contributed by atoms with Crippen molar-refractivity contribution in [1.29, 1.82) is 0 Å². The van der Waals surface area contributed by atoms with Crippen LogP contribution in [0.5, 0.6) is 0 Å².